The van der Waals surface area contributed by atoms with E-state index in [1.807, 2.05) is 26.0 Å². The molecule has 1 fully saturated rings. The SMILES string of the molecule is Cc1cnc(-c2ccnc(C(C)(C)O)n2)cc1-n1c(C)cc([C@H]2C[C@@H]2Cc2ccccc2)c(Cl)c1=O. The first-order valence-corrected chi connectivity index (χ1v) is 12.5. The predicted molar refractivity (Wildman–Crippen MR) is 142 cm³/mol. The van der Waals surface area contributed by atoms with E-state index >= 15 is 0 Å². The summed E-state index contributed by atoms with van der Waals surface area (Å²) in [5.41, 5.74) is 4.37. The van der Waals surface area contributed by atoms with Crippen molar-refractivity contribution in [1.29, 1.82) is 0 Å². The number of nitrogens with zero attached hydrogens (tertiary/aromatic N) is 4. The van der Waals surface area contributed by atoms with Crippen LogP contribution in [0.5, 0.6) is 0 Å². The number of hydrogen-bond donors (Lipinski definition) is 1. The molecule has 7 heteroatoms. The molecule has 1 N–H and O–H groups in total. The van der Waals surface area contributed by atoms with Gasteiger partial charge in [-0.1, -0.05) is 41.9 Å². The van der Waals surface area contributed by atoms with Gasteiger partial charge in [0.05, 0.1) is 17.1 Å². The zero-order valence-electron chi connectivity index (χ0n) is 20.9. The molecule has 184 valence electrons. The molecule has 1 saturated carbocycles. The first-order valence-electron chi connectivity index (χ1n) is 12.1. The van der Waals surface area contributed by atoms with Crippen LogP contribution in [0.3, 0.4) is 0 Å². The van der Waals surface area contributed by atoms with Crippen LogP contribution in [0.25, 0.3) is 17.1 Å². The van der Waals surface area contributed by atoms with E-state index in [4.69, 9.17) is 11.6 Å². The Hall–Kier alpha value is -3.35. The topological polar surface area (TPSA) is 80.9 Å². The molecule has 6 nitrogen and oxygen atoms in total. The van der Waals surface area contributed by atoms with E-state index in [1.54, 1.807) is 36.9 Å². The van der Waals surface area contributed by atoms with Crippen LogP contribution in [0.15, 0.2) is 65.7 Å². The number of benzene rings is 1. The first kappa shape index (κ1) is 24.3. The molecule has 2 atom stereocenters. The van der Waals surface area contributed by atoms with Crippen molar-refractivity contribution in [1.82, 2.24) is 19.5 Å². The molecule has 5 rings (SSSR count). The molecular formula is C29H29ClN4O2. The lowest BCUT2D eigenvalue weighted by molar-refractivity contribution is 0.0688. The van der Waals surface area contributed by atoms with Crippen molar-refractivity contribution < 1.29 is 5.11 Å². The van der Waals surface area contributed by atoms with Gasteiger partial charge in [-0.15, -0.1) is 0 Å². The van der Waals surface area contributed by atoms with E-state index in [-0.39, 0.29) is 10.6 Å². The fraction of sp³-hybridized carbons (Fsp3) is 0.310. The van der Waals surface area contributed by atoms with Gasteiger partial charge in [0, 0.05) is 18.1 Å². The molecule has 0 saturated heterocycles. The molecule has 1 aromatic carbocycles. The van der Waals surface area contributed by atoms with Crippen molar-refractivity contribution in [3.63, 3.8) is 0 Å². The number of hydrogen-bond acceptors (Lipinski definition) is 5. The number of halogens is 1. The Morgan fingerprint density at radius 3 is 2.56 bits per heavy atom. The minimum Gasteiger partial charge on any atom is -0.382 e. The van der Waals surface area contributed by atoms with E-state index in [9.17, 15) is 9.90 Å². The number of aryl methyl sites for hydroxylation is 2. The molecule has 0 unspecified atom stereocenters. The molecule has 0 aliphatic heterocycles. The van der Waals surface area contributed by atoms with Crippen LogP contribution in [0.4, 0.5) is 0 Å². The van der Waals surface area contributed by atoms with Gasteiger partial charge in [-0.25, -0.2) is 9.97 Å². The van der Waals surface area contributed by atoms with E-state index in [0.29, 0.717) is 34.7 Å². The molecular weight excluding hydrogens is 472 g/mol. The standard InChI is InChI=1S/C29H29ClN4O2/c1-17-16-32-24(23-10-11-31-28(33-23)29(3,4)36)15-25(17)34-18(2)12-22(26(30)27(34)35)21-14-20(21)13-19-8-6-5-7-9-19/h5-12,15-16,20-21,36H,13-14H2,1-4H3/t20-,21-/m0/s1. The maximum Gasteiger partial charge on any atom is 0.274 e. The second-order valence-corrected chi connectivity index (χ2v) is 10.5. The molecule has 0 bridgehead atoms. The number of aromatic nitrogens is 4. The van der Waals surface area contributed by atoms with Gasteiger partial charge in [0.1, 0.15) is 10.6 Å². The number of rotatable bonds is 6. The van der Waals surface area contributed by atoms with Crippen molar-refractivity contribution in [2.45, 2.75) is 52.1 Å². The maximum absolute atomic E-state index is 13.5. The summed E-state index contributed by atoms with van der Waals surface area (Å²) in [6.45, 7) is 7.12. The summed E-state index contributed by atoms with van der Waals surface area (Å²) in [6.07, 6.45) is 5.35. The van der Waals surface area contributed by atoms with Gasteiger partial charge in [-0.3, -0.25) is 14.3 Å². The molecule has 3 heterocycles. The molecule has 36 heavy (non-hydrogen) atoms. The van der Waals surface area contributed by atoms with Crippen molar-refractivity contribution in [3.8, 4) is 17.1 Å². The lowest BCUT2D eigenvalue weighted by Crippen LogP contribution is -2.23. The Labute approximate surface area is 215 Å². The van der Waals surface area contributed by atoms with Gasteiger partial charge in [0.25, 0.3) is 5.56 Å². The predicted octanol–water partition coefficient (Wildman–Crippen LogP) is 5.53. The Morgan fingerprint density at radius 1 is 1.08 bits per heavy atom. The van der Waals surface area contributed by atoms with Crippen LogP contribution in [0.1, 0.15) is 54.4 Å². The Morgan fingerprint density at radius 2 is 1.83 bits per heavy atom. The maximum atomic E-state index is 13.5. The summed E-state index contributed by atoms with van der Waals surface area (Å²) in [6, 6.07) is 16.1. The van der Waals surface area contributed by atoms with Gasteiger partial charge in [-0.2, -0.15) is 0 Å². The lowest BCUT2D eigenvalue weighted by atomic mass is 10.0. The second-order valence-electron chi connectivity index (χ2n) is 10.2. The molecule has 3 aromatic heterocycles. The summed E-state index contributed by atoms with van der Waals surface area (Å²) in [5, 5.41) is 10.6. The van der Waals surface area contributed by atoms with Crippen molar-refractivity contribution in [2.75, 3.05) is 0 Å². The van der Waals surface area contributed by atoms with Gasteiger partial charge in [0.2, 0.25) is 0 Å². The quantitative estimate of drug-likeness (QED) is 0.376. The molecule has 1 aliphatic carbocycles. The largest absolute Gasteiger partial charge is 0.382 e. The minimum atomic E-state index is -1.18. The summed E-state index contributed by atoms with van der Waals surface area (Å²) in [7, 11) is 0. The van der Waals surface area contributed by atoms with Crippen molar-refractivity contribution in [3.05, 3.63) is 105 Å². The molecule has 0 amide bonds. The third-order valence-corrected chi connectivity index (χ3v) is 7.18. The highest BCUT2D eigenvalue weighted by atomic mass is 35.5. The zero-order chi connectivity index (χ0) is 25.6. The average Bonchev–Trinajstić information content (AvgIpc) is 3.61. The zero-order valence-corrected chi connectivity index (χ0v) is 21.6. The van der Waals surface area contributed by atoms with Crippen LogP contribution < -0.4 is 5.56 Å². The highest BCUT2D eigenvalue weighted by molar-refractivity contribution is 6.31. The smallest absolute Gasteiger partial charge is 0.274 e. The third-order valence-electron chi connectivity index (χ3n) is 6.81. The fourth-order valence-electron chi connectivity index (χ4n) is 4.77. The highest BCUT2D eigenvalue weighted by Crippen LogP contribution is 2.51. The van der Waals surface area contributed by atoms with E-state index in [1.165, 1.54) is 5.56 Å². The van der Waals surface area contributed by atoms with Crippen LogP contribution >= 0.6 is 11.6 Å². The normalized spacial score (nSPS) is 17.3. The minimum absolute atomic E-state index is 0.225. The summed E-state index contributed by atoms with van der Waals surface area (Å²) >= 11 is 6.71. The number of pyridine rings is 2. The van der Waals surface area contributed by atoms with Crippen molar-refractivity contribution >= 4 is 11.6 Å². The Kier molecular flexibility index (Phi) is 6.27. The van der Waals surface area contributed by atoms with E-state index in [2.05, 4.69) is 45.3 Å². The fourth-order valence-corrected chi connectivity index (χ4v) is 5.04. The van der Waals surface area contributed by atoms with Gasteiger partial charge in [0.15, 0.2) is 5.82 Å². The van der Waals surface area contributed by atoms with Crippen LogP contribution in [-0.4, -0.2) is 24.6 Å². The van der Waals surface area contributed by atoms with E-state index < -0.39 is 5.60 Å². The molecule has 0 spiro atoms. The third kappa shape index (κ3) is 4.71. The highest BCUT2D eigenvalue weighted by Gasteiger charge is 2.40. The van der Waals surface area contributed by atoms with Gasteiger partial charge in [-0.05, 0) is 87.3 Å². The van der Waals surface area contributed by atoms with Gasteiger partial charge < -0.3 is 5.11 Å². The van der Waals surface area contributed by atoms with Crippen LogP contribution in [0, 0.1) is 19.8 Å². The Balaban J connectivity index is 1.50. The van der Waals surface area contributed by atoms with Gasteiger partial charge >= 0.3 is 0 Å². The van der Waals surface area contributed by atoms with Crippen LogP contribution in [0.2, 0.25) is 5.02 Å². The molecule has 4 aromatic rings. The summed E-state index contributed by atoms with van der Waals surface area (Å²) in [4.78, 5) is 26.7. The summed E-state index contributed by atoms with van der Waals surface area (Å²) < 4.78 is 1.65. The van der Waals surface area contributed by atoms with Crippen molar-refractivity contribution in [2.24, 2.45) is 5.92 Å². The second kappa shape index (κ2) is 9.26. The summed E-state index contributed by atoms with van der Waals surface area (Å²) in [5.74, 6) is 1.10. The van der Waals surface area contributed by atoms with E-state index in [0.717, 1.165) is 29.7 Å². The average molecular weight is 501 g/mol. The molecule has 1 aliphatic rings. The monoisotopic (exact) mass is 500 g/mol. The molecule has 0 radical (unpaired) electrons. The first-order chi connectivity index (χ1) is 17.1. The lowest BCUT2D eigenvalue weighted by Gasteiger charge is -2.17. The van der Waals surface area contributed by atoms with Crippen LogP contribution in [-0.2, 0) is 12.0 Å². The number of aliphatic hydroxyl groups is 1. The Bertz CT molecular complexity index is 1490.